The Balaban J connectivity index is 3.09. The molecule has 8 nitrogen and oxygen atoms in total. The van der Waals surface area contributed by atoms with Gasteiger partial charge in [-0.05, 0) is 31.2 Å². The first kappa shape index (κ1) is 13.2. The molecule has 0 saturated carbocycles. The van der Waals surface area contributed by atoms with Gasteiger partial charge >= 0.3 is 0 Å². The molecule has 0 aliphatic rings. The van der Waals surface area contributed by atoms with Gasteiger partial charge in [0.05, 0.1) is 16.6 Å². The van der Waals surface area contributed by atoms with Crippen molar-refractivity contribution in [3.8, 4) is 6.07 Å². The number of benzene rings is 1. The van der Waals surface area contributed by atoms with Gasteiger partial charge < -0.3 is 15.2 Å². The minimum atomic E-state index is -0.969. The van der Waals surface area contributed by atoms with E-state index in [1.54, 1.807) is 0 Å². The molecule has 0 aliphatic heterocycles. The van der Waals surface area contributed by atoms with Gasteiger partial charge in [-0.3, -0.25) is 4.79 Å². The molecule has 0 amide bonds. The van der Waals surface area contributed by atoms with E-state index in [0.717, 1.165) is 5.01 Å². The minimum absolute atomic E-state index is 0.129. The number of carbonyl (C=O) groups excluding carboxylic acids is 1. The van der Waals surface area contributed by atoms with Crippen LogP contribution in [-0.2, 0) is 9.53 Å². The van der Waals surface area contributed by atoms with E-state index < -0.39 is 6.23 Å². The fraction of sp³-hybridized carbons (Fsp3) is 0.200. The fourth-order valence-electron chi connectivity index (χ4n) is 1.32. The third kappa shape index (κ3) is 2.85. The van der Waals surface area contributed by atoms with Crippen LogP contribution in [0.3, 0.4) is 0 Å². The Morgan fingerprint density at radius 1 is 1.61 bits per heavy atom. The lowest BCUT2D eigenvalue weighted by atomic mass is 10.2. The fourth-order valence-corrected chi connectivity index (χ4v) is 1.32. The number of carbonyl (C=O) groups is 1. The Labute approximate surface area is 102 Å². The molecule has 0 bridgehead atoms. The molecule has 0 radical (unpaired) electrons. The molecule has 0 saturated heterocycles. The maximum atomic E-state index is 11.3. The predicted octanol–water partition coefficient (Wildman–Crippen LogP) is 1.15. The van der Waals surface area contributed by atoms with E-state index in [1.165, 1.54) is 31.2 Å². The Morgan fingerprint density at radius 3 is 2.67 bits per heavy atom. The zero-order valence-corrected chi connectivity index (χ0v) is 9.42. The maximum absolute atomic E-state index is 11.3. The lowest BCUT2D eigenvalue weighted by Crippen LogP contribution is -2.40. The van der Waals surface area contributed by atoms with Crippen molar-refractivity contribution in [1.82, 2.24) is 0 Å². The molecule has 8 heteroatoms. The molecule has 0 aliphatic carbocycles. The first-order valence-corrected chi connectivity index (χ1v) is 4.84. The molecule has 1 atom stereocenters. The van der Waals surface area contributed by atoms with E-state index in [9.17, 15) is 10.0 Å². The summed E-state index contributed by atoms with van der Waals surface area (Å²) < 4.78 is 4.61. The second-order valence-electron chi connectivity index (χ2n) is 3.18. The standard InChI is InChI=1S/C10H10N4O4/c1-8(18-7-15)13(14(17)12-16)10-4-2-9(6-11)3-5-10/h2-5,7-8,16H,1H3/b14-12-. The van der Waals surface area contributed by atoms with Crippen molar-refractivity contribution in [1.29, 1.82) is 5.26 Å². The van der Waals surface area contributed by atoms with E-state index >= 15 is 0 Å². The zero-order chi connectivity index (χ0) is 13.5. The Kier molecular flexibility index (Phi) is 4.45. The number of hydrazine groups is 1. The molecule has 1 unspecified atom stereocenters. The third-order valence-corrected chi connectivity index (χ3v) is 2.12. The highest BCUT2D eigenvalue weighted by Gasteiger charge is 2.24. The van der Waals surface area contributed by atoms with E-state index in [0.29, 0.717) is 11.3 Å². The van der Waals surface area contributed by atoms with Gasteiger partial charge in [-0.1, -0.05) is 5.01 Å². The molecule has 0 fully saturated rings. The number of nitriles is 1. The van der Waals surface area contributed by atoms with Crippen molar-refractivity contribution in [2.75, 3.05) is 5.01 Å². The van der Waals surface area contributed by atoms with Crippen LogP contribution >= 0.6 is 0 Å². The molecule has 1 rings (SSSR count). The summed E-state index contributed by atoms with van der Waals surface area (Å²) in [7, 11) is 0. The smallest absolute Gasteiger partial charge is 0.295 e. The first-order valence-electron chi connectivity index (χ1n) is 4.84. The summed E-state index contributed by atoms with van der Waals surface area (Å²) in [5.74, 6) is 0. The van der Waals surface area contributed by atoms with Crippen molar-refractivity contribution >= 4 is 12.2 Å². The van der Waals surface area contributed by atoms with Crippen LogP contribution in [-0.4, -0.2) is 22.9 Å². The summed E-state index contributed by atoms with van der Waals surface area (Å²) in [6.07, 6.45) is -0.969. The largest absolute Gasteiger partial charge is 0.568 e. The quantitative estimate of drug-likeness (QED) is 0.276. The molecule has 1 N–H and O–H groups in total. The lowest BCUT2D eigenvalue weighted by Gasteiger charge is -2.22. The van der Waals surface area contributed by atoms with E-state index in [2.05, 4.69) is 10.0 Å². The average Bonchev–Trinajstić information content (AvgIpc) is 2.40. The summed E-state index contributed by atoms with van der Waals surface area (Å²) in [5.41, 5.74) is 0.706. The summed E-state index contributed by atoms with van der Waals surface area (Å²) in [6, 6.07) is 7.78. The minimum Gasteiger partial charge on any atom is -0.568 e. The lowest BCUT2D eigenvalue weighted by molar-refractivity contribution is -0.577. The van der Waals surface area contributed by atoms with Crippen LogP contribution in [0.1, 0.15) is 12.5 Å². The summed E-state index contributed by atoms with van der Waals surface area (Å²) in [6.45, 7) is 1.59. The van der Waals surface area contributed by atoms with Crippen molar-refractivity contribution in [3.05, 3.63) is 35.0 Å². The highest BCUT2D eigenvalue weighted by Crippen LogP contribution is 2.18. The van der Waals surface area contributed by atoms with Crippen molar-refractivity contribution < 1.29 is 19.7 Å². The number of hydrogen-bond acceptors (Lipinski definition) is 5. The molecule has 0 heterocycles. The summed E-state index contributed by atoms with van der Waals surface area (Å²) in [5, 5.41) is 31.8. The monoisotopic (exact) mass is 250 g/mol. The highest BCUT2D eigenvalue weighted by molar-refractivity contribution is 5.48. The SMILES string of the molecule is CC(OC=O)N(c1ccc(C#N)cc1)/[N+]([O-])=N/O. The van der Waals surface area contributed by atoms with Crippen LogP contribution in [0, 0.1) is 16.5 Å². The van der Waals surface area contributed by atoms with Gasteiger partial charge in [0.1, 0.15) is 5.69 Å². The van der Waals surface area contributed by atoms with Gasteiger partial charge in [0, 0.05) is 0 Å². The predicted molar refractivity (Wildman–Crippen MR) is 58.1 cm³/mol. The Morgan fingerprint density at radius 2 is 2.22 bits per heavy atom. The van der Waals surface area contributed by atoms with Crippen molar-refractivity contribution in [3.63, 3.8) is 0 Å². The molecule has 94 valence electrons. The van der Waals surface area contributed by atoms with Gasteiger partial charge in [-0.15, -0.1) is 0 Å². The van der Waals surface area contributed by atoms with E-state index in [-0.39, 0.29) is 11.4 Å². The topological polar surface area (TPSA) is 112 Å². The number of hydrogen-bond donors (Lipinski definition) is 1. The molecule has 1 aromatic carbocycles. The van der Waals surface area contributed by atoms with Crippen LogP contribution in [0.25, 0.3) is 0 Å². The zero-order valence-electron chi connectivity index (χ0n) is 9.42. The highest BCUT2D eigenvalue weighted by atomic mass is 16.6. The van der Waals surface area contributed by atoms with Crippen LogP contribution in [0.2, 0.25) is 0 Å². The average molecular weight is 250 g/mol. The number of nitrogens with zero attached hydrogens (tertiary/aromatic N) is 4. The van der Waals surface area contributed by atoms with Gasteiger partial charge in [-0.25, -0.2) is 0 Å². The Hall–Kier alpha value is -2.82. The molecular formula is C10H10N4O4. The van der Waals surface area contributed by atoms with Crippen LogP contribution in [0.4, 0.5) is 5.69 Å². The first-order chi connectivity index (χ1) is 8.63. The summed E-state index contributed by atoms with van der Waals surface area (Å²) >= 11 is 0. The van der Waals surface area contributed by atoms with Gasteiger partial charge in [-0.2, -0.15) is 5.26 Å². The number of ether oxygens (including phenoxy) is 1. The van der Waals surface area contributed by atoms with Crippen LogP contribution in [0.15, 0.2) is 29.5 Å². The van der Waals surface area contributed by atoms with Gasteiger partial charge in [0.15, 0.2) is 0 Å². The Bertz CT molecular complexity index is 480. The normalized spacial score (nSPS) is 12.3. The molecule has 0 spiro atoms. The second kappa shape index (κ2) is 6.05. The molecular weight excluding hydrogens is 240 g/mol. The van der Waals surface area contributed by atoms with Crippen LogP contribution in [0.5, 0.6) is 0 Å². The molecule has 1 aromatic rings. The van der Waals surface area contributed by atoms with E-state index in [4.69, 9.17) is 10.5 Å². The molecule has 0 aromatic heterocycles. The number of anilines is 1. The maximum Gasteiger partial charge on any atom is 0.295 e. The van der Waals surface area contributed by atoms with Gasteiger partial charge in [0.2, 0.25) is 11.5 Å². The van der Waals surface area contributed by atoms with Crippen molar-refractivity contribution in [2.24, 2.45) is 5.28 Å². The van der Waals surface area contributed by atoms with E-state index in [1.807, 2.05) is 6.07 Å². The summed E-state index contributed by atoms with van der Waals surface area (Å²) in [4.78, 5) is 10.1. The molecule has 18 heavy (non-hydrogen) atoms. The third-order valence-electron chi connectivity index (χ3n) is 2.12. The van der Waals surface area contributed by atoms with Crippen molar-refractivity contribution in [2.45, 2.75) is 13.2 Å². The second-order valence-corrected chi connectivity index (χ2v) is 3.18. The van der Waals surface area contributed by atoms with Gasteiger partial charge in [0.25, 0.3) is 6.47 Å². The number of rotatable bonds is 5. The van der Waals surface area contributed by atoms with Crippen LogP contribution < -0.4 is 5.01 Å².